The van der Waals surface area contributed by atoms with Crippen molar-refractivity contribution in [3.8, 4) is 0 Å². The van der Waals surface area contributed by atoms with Crippen molar-refractivity contribution in [1.82, 2.24) is 15.5 Å². The number of nitrogens with zero attached hydrogens (tertiary/aromatic N) is 1. The summed E-state index contributed by atoms with van der Waals surface area (Å²) in [6.45, 7) is 13.9. The quantitative estimate of drug-likeness (QED) is 0.717. The van der Waals surface area contributed by atoms with Crippen molar-refractivity contribution in [3.05, 3.63) is 22.4 Å². The molecule has 0 aliphatic carbocycles. The second-order valence-corrected chi connectivity index (χ2v) is 7.84. The Labute approximate surface area is 149 Å². The van der Waals surface area contributed by atoms with Crippen molar-refractivity contribution in [1.29, 1.82) is 0 Å². The van der Waals surface area contributed by atoms with Crippen molar-refractivity contribution in [2.75, 3.05) is 13.1 Å². The summed E-state index contributed by atoms with van der Waals surface area (Å²) in [5.41, 5.74) is 0. The Kier molecular flexibility index (Phi) is 8.42. The first-order chi connectivity index (χ1) is 11.2. The Morgan fingerprint density at radius 2 is 1.75 bits per heavy atom. The maximum atomic E-state index is 12.5. The zero-order valence-corrected chi connectivity index (χ0v) is 16.4. The highest BCUT2D eigenvalue weighted by molar-refractivity contribution is 7.12. The number of nitrogens with one attached hydrogen (secondary N) is 2. The number of carbonyl (C=O) groups excluding carboxylic acids is 2. The van der Waals surface area contributed by atoms with Gasteiger partial charge in [-0.05, 0) is 45.1 Å². The van der Waals surface area contributed by atoms with Crippen LogP contribution in [0.5, 0.6) is 0 Å². The van der Waals surface area contributed by atoms with Crippen molar-refractivity contribution in [2.45, 2.75) is 59.7 Å². The van der Waals surface area contributed by atoms with Gasteiger partial charge in [-0.3, -0.25) is 14.5 Å². The minimum atomic E-state index is -0.522. The molecule has 0 aromatic carbocycles. The normalized spacial score (nSPS) is 12.9. The van der Waals surface area contributed by atoms with Gasteiger partial charge in [-0.25, -0.2) is 0 Å². The van der Waals surface area contributed by atoms with Crippen molar-refractivity contribution in [3.63, 3.8) is 0 Å². The average molecular weight is 354 g/mol. The third-order valence-corrected chi connectivity index (χ3v) is 4.85. The summed E-state index contributed by atoms with van der Waals surface area (Å²) in [7, 11) is 0. The molecule has 1 heterocycles. The molecule has 6 heteroatoms. The van der Waals surface area contributed by atoms with E-state index in [1.54, 1.807) is 6.07 Å². The molecule has 0 aliphatic heterocycles. The lowest BCUT2D eigenvalue weighted by atomic mass is 10.0. The maximum Gasteiger partial charge on any atom is 0.262 e. The van der Waals surface area contributed by atoms with Gasteiger partial charge in [-0.1, -0.05) is 19.9 Å². The predicted octanol–water partition coefficient (Wildman–Crippen LogP) is 2.74. The predicted molar refractivity (Wildman–Crippen MR) is 100 cm³/mol. The third-order valence-electron chi connectivity index (χ3n) is 3.98. The van der Waals surface area contributed by atoms with E-state index in [0.717, 1.165) is 6.54 Å². The summed E-state index contributed by atoms with van der Waals surface area (Å²) in [6, 6.07) is 3.93. The molecule has 0 spiro atoms. The topological polar surface area (TPSA) is 61.4 Å². The van der Waals surface area contributed by atoms with Gasteiger partial charge in [0.25, 0.3) is 5.91 Å². The van der Waals surface area contributed by atoms with Crippen LogP contribution in [0, 0.1) is 5.92 Å². The second-order valence-electron chi connectivity index (χ2n) is 6.89. The fourth-order valence-corrected chi connectivity index (χ4v) is 3.31. The van der Waals surface area contributed by atoms with Crippen LogP contribution in [-0.4, -0.2) is 47.9 Å². The van der Waals surface area contributed by atoms with E-state index in [1.807, 2.05) is 25.3 Å². The van der Waals surface area contributed by atoms with Crippen LogP contribution in [0.1, 0.15) is 51.2 Å². The van der Waals surface area contributed by atoms with Gasteiger partial charge in [-0.15, -0.1) is 11.3 Å². The molecule has 2 N–H and O–H groups in total. The van der Waals surface area contributed by atoms with E-state index in [9.17, 15) is 9.59 Å². The molecule has 0 fully saturated rings. The van der Waals surface area contributed by atoms with Crippen LogP contribution in [-0.2, 0) is 4.79 Å². The molecule has 1 rings (SSSR count). The fraction of sp³-hybridized carbons (Fsp3) is 0.667. The molecule has 0 saturated carbocycles. The number of hydrogen-bond acceptors (Lipinski definition) is 4. The Hall–Kier alpha value is -1.40. The van der Waals surface area contributed by atoms with Gasteiger partial charge >= 0.3 is 0 Å². The monoisotopic (exact) mass is 353 g/mol. The summed E-state index contributed by atoms with van der Waals surface area (Å²) in [5, 5.41) is 7.66. The van der Waals surface area contributed by atoms with E-state index in [4.69, 9.17) is 0 Å². The van der Waals surface area contributed by atoms with E-state index in [-0.39, 0.29) is 17.7 Å². The van der Waals surface area contributed by atoms with Gasteiger partial charge in [0, 0.05) is 25.2 Å². The Morgan fingerprint density at radius 1 is 1.12 bits per heavy atom. The molecule has 0 bridgehead atoms. The van der Waals surface area contributed by atoms with E-state index in [0.29, 0.717) is 23.5 Å². The van der Waals surface area contributed by atoms with Crippen LogP contribution in [0.2, 0.25) is 0 Å². The Bertz CT molecular complexity index is 504. The van der Waals surface area contributed by atoms with E-state index < -0.39 is 6.04 Å². The van der Waals surface area contributed by atoms with Gasteiger partial charge < -0.3 is 10.6 Å². The van der Waals surface area contributed by atoms with Crippen LogP contribution in [0.25, 0.3) is 0 Å². The SMILES string of the molecule is CC(C)C(NC(=O)c1cccs1)C(=O)NCCN(C(C)C)C(C)C. The molecule has 136 valence electrons. The van der Waals surface area contributed by atoms with E-state index >= 15 is 0 Å². The van der Waals surface area contributed by atoms with Gasteiger partial charge in [0.1, 0.15) is 6.04 Å². The molecule has 1 aromatic heterocycles. The van der Waals surface area contributed by atoms with Crippen molar-refractivity contribution in [2.24, 2.45) is 5.92 Å². The maximum absolute atomic E-state index is 12.5. The van der Waals surface area contributed by atoms with Crippen LogP contribution in [0.4, 0.5) is 0 Å². The summed E-state index contributed by atoms with van der Waals surface area (Å²) in [6.07, 6.45) is 0. The third kappa shape index (κ3) is 6.24. The van der Waals surface area contributed by atoms with Crippen molar-refractivity contribution >= 4 is 23.2 Å². The first-order valence-corrected chi connectivity index (χ1v) is 9.49. The summed E-state index contributed by atoms with van der Waals surface area (Å²) < 4.78 is 0. The van der Waals surface area contributed by atoms with Gasteiger partial charge in [-0.2, -0.15) is 0 Å². The molecule has 0 radical (unpaired) electrons. The number of thiophene rings is 1. The average Bonchev–Trinajstić information content (AvgIpc) is 3.01. The highest BCUT2D eigenvalue weighted by atomic mass is 32.1. The lowest BCUT2D eigenvalue weighted by Crippen LogP contribution is -2.51. The highest BCUT2D eigenvalue weighted by Crippen LogP contribution is 2.10. The molecule has 0 aliphatic rings. The zero-order chi connectivity index (χ0) is 18.3. The first kappa shape index (κ1) is 20.6. The molecule has 1 atom stereocenters. The zero-order valence-electron chi connectivity index (χ0n) is 15.6. The van der Waals surface area contributed by atoms with E-state index in [2.05, 4.69) is 43.2 Å². The number of rotatable bonds is 9. The molecule has 2 amide bonds. The smallest absolute Gasteiger partial charge is 0.262 e. The molecule has 0 saturated heterocycles. The van der Waals surface area contributed by atoms with E-state index in [1.165, 1.54) is 11.3 Å². The standard InChI is InChI=1S/C18H31N3O2S/c1-12(2)16(20-17(22)15-8-7-11-24-15)18(23)19-9-10-21(13(3)4)14(5)6/h7-8,11-14,16H,9-10H2,1-6H3,(H,19,23)(H,20,22). The minimum absolute atomic E-state index is 0.0280. The second kappa shape index (κ2) is 9.79. The lowest BCUT2D eigenvalue weighted by Gasteiger charge is -2.31. The Balaban J connectivity index is 2.56. The first-order valence-electron chi connectivity index (χ1n) is 8.61. The molecule has 24 heavy (non-hydrogen) atoms. The molecular weight excluding hydrogens is 322 g/mol. The molecule has 1 aromatic rings. The number of hydrogen-bond donors (Lipinski definition) is 2. The van der Waals surface area contributed by atoms with Crippen LogP contribution in [0.15, 0.2) is 17.5 Å². The summed E-state index contributed by atoms with van der Waals surface area (Å²) in [5.74, 6) is -0.285. The van der Waals surface area contributed by atoms with Crippen molar-refractivity contribution < 1.29 is 9.59 Å². The molecular formula is C18H31N3O2S. The molecule has 1 unspecified atom stereocenters. The van der Waals surface area contributed by atoms with Crippen LogP contribution in [0.3, 0.4) is 0 Å². The molecule has 5 nitrogen and oxygen atoms in total. The van der Waals surface area contributed by atoms with Gasteiger partial charge in [0.15, 0.2) is 0 Å². The van der Waals surface area contributed by atoms with Gasteiger partial charge in [0.05, 0.1) is 4.88 Å². The van der Waals surface area contributed by atoms with Crippen LogP contribution < -0.4 is 10.6 Å². The highest BCUT2D eigenvalue weighted by Gasteiger charge is 2.25. The fourth-order valence-electron chi connectivity index (χ4n) is 2.69. The van der Waals surface area contributed by atoms with Crippen LogP contribution >= 0.6 is 11.3 Å². The lowest BCUT2D eigenvalue weighted by molar-refractivity contribution is -0.124. The largest absolute Gasteiger partial charge is 0.353 e. The Morgan fingerprint density at radius 3 is 2.21 bits per heavy atom. The summed E-state index contributed by atoms with van der Waals surface area (Å²) >= 11 is 1.37. The number of carbonyl (C=O) groups is 2. The number of amides is 2. The summed E-state index contributed by atoms with van der Waals surface area (Å²) in [4.78, 5) is 27.6. The van der Waals surface area contributed by atoms with Gasteiger partial charge in [0.2, 0.25) is 5.91 Å². The minimum Gasteiger partial charge on any atom is -0.353 e.